The van der Waals surface area contributed by atoms with Crippen molar-refractivity contribution < 1.29 is 9.53 Å². The molecule has 2 heterocycles. The van der Waals surface area contributed by atoms with Crippen molar-refractivity contribution in [2.24, 2.45) is 0 Å². The lowest BCUT2D eigenvalue weighted by atomic mass is 10.2. The molecule has 6 nitrogen and oxygen atoms in total. The van der Waals surface area contributed by atoms with Gasteiger partial charge < -0.3 is 10.1 Å². The van der Waals surface area contributed by atoms with E-state index in [1.54, 1.807) is 17.1 Å². The van der Waals surface area contributed by atoms with Crippen LogP contribution in [0.5, 0.6) is 0 Å². The van der Waals surface area contributed by atoms with Crippen molar-refractivity contribution in [3.05, 3.63) is 27.9 Å². The summed E-state index contributed by atoms with van der Waals surface area (Å²) >= 11 is 4.79. The van der Waals surface area contributed by atoms with Gasteiger partial charge in [0.05, 0.1) is 17.2 Å². The maximum atomic E-state index is 11.5. The Hall–Kier alpha value is -1.41. The van der Waals surface area contributed by atoms with Gasteiger partial charge in [-0.15, -0.1) is 0 Å². The van der Waals surface area contributed by atoms with Crippen molar-refractivity contribution in [3.63, 3.8) is 0 Å². The van der Waals surface area contributed by atoms with E-state index in [0.717, 1.165) is 14.5 Å². The van der Waals surface area contributed by atoms with Crippen LogP contribution in [-0.2, 0) is 11.3 Å². The van der Waals surface area contributed by atoms with Crippen molar-refractivity contribution in [1.29, 1.82) is 0 Å². The third-order valence-electron chi connectivity index (χ3n) is 2.09. The zero-order valence-corrected chi connectivity index (χ0v) is 13.8. The van der Waals surface area contributed by atoms with Crippen LogP contribution in [0.15, 0.2) is 23.1 Å². The second kappa shape index (κ2) is 5.92. The Morgan fingerprint density at radius 1 is 1.50 bits per heavy atom. The number of rotatable bonds is 3. The summed E-state index contributed by atoms with van der Waals surface area (Å²) in [7, 11) is 0. The molecule has 0 spiro atoms. The van der Waals surface area contributed by atoms with Gasteiger partial charge >= 0.3 is 6.09 Å². The van der Waals surface area contributed by atoms with Crippen LogP contribution in [0.1, 0.15) is 25.6 Å². The lowest BCUT2D eigenvalue weighted by Gasteiger charge is -2.19. The van der Waals surface area contributed by atoms with Crippen LogP contribution < -0.4 is 5.32 Å². The summed E-state index contributed by atoms with van der Waals surface area (Å²) in [5.74, 6) is 0. The van der Waals surface area contributed by atoms with E-state index in [-0.39, 0.29) is 0 Å². The molecule has 2 aromatic heterocycles. The second-order valence-corrected chi connectivity index (χ2v) is 7.08. The molecule has 0 aliphatic carbocycles. The second-order valence-electron chi connectivity index (χ2n) is 5.07. The van der Waals surface area contributed by atoms with E-state index in [2.05, 4.69) is 31.3 Å². The molecule has 0 aliphatic rings. The molecule has 2 aromatic rings. The highest BCUT2D eigenvalue weighted by Crippen LogP contribution is 2.18. The van der Waals surface area contributed by atoms with Gasteiger partial charge in [-0.3, -0.25) is 0 Å². The smallest absolute Gasteiger partial charge is 0.407 e. The van der Waals surface area contributed by atoms with Crippen molar-refractivity contribution in [1.82, 2.24) is 20.1 Å². The quantitative estimate of drug-likeness (QED) is 0.914. The highest BCUT2D eigenvalue weighted by molar-refractivity contribution is 9.10. The van der Waals surface area contributed by atoms with Gasteiger partial charge in [0, 0.05) is 17.3 Å². The van der Waals surface area contributed by atoms with Gasteiger partial charge in [-0.2, -0.15) is 5.10 Å². The van der Waals surface area contributed by atoms with Gasteiger partial charge in [0.1, 0.15) is 5.60 Å². The Bertz CT molecular complexity index is 603. The molecular weight excluding hydrogens is 344 g/mol. The molecule has 0 saturated carbocycles. The molecule has 0 unspecified atom stereocenters. The minimum absolute atomic E-state index is 0.384. The number of hydrogen-bond acceptors (Lipinski definition) is 5. The standard InChI is InChI=1S/C12H15BrN4O2S/c1-12(2,3)19-11(18)15-6-9-5-14-10(20-9)17-7-8(13)4-16-17/h4-5,7H,6H2,1-3H3,(H,15,18). The van der Waals surface area contributed by atoms with Crippen LogP contribution in [0.2, 0.25) is 0 Å². The van der Waals surface area contributed by atoms with E-state index in [4.69, 9.17) is 4.74 Å². The van der Waals surface area contributed by atoms with Gasteiger partial charge in [-0.1, -0.05) is 11.3 Å². The first kappa shape index (κ1) is 15.0. The molecule has 0 radical (unpaired) electrons. The molecule has 1 N–H and O–H groups in total. The topological polar surface area (TPSA) is 69.0 Å². The zero-order chi connectivity index (χ0) is 14.8. The molecule has 0 saturated heterocycles. The predicted molar refractivity (Wildman–Crippen MR) is 80.0 cm³/mol. The summed E-state index contributed by atoms with van der Waals surface area (Å²) in [4.78, 5) is 16.7. The normalized spacial score (nSPS) is 11.4. The number of alkyl carbamates (subject to hydrolysis) is 1. The Balaban J connectivity index is 1.92. The van der Waals surface area contributed by atoms with Crippen LogP contribution in [0.25, 0.3) is 5.13 Å². The number of hydrogen-bond donors (Lipinski definition) is 1. The van der Waals surface area contributed by atoms with Gasteiger partial charge in [-0.05, 0) is 36.7 Å². The Morgan fingerprint density at radius 3 is 2.85 bits per heavy atom. The average Bonchev–Trinajstić information content (AvgIpc) is 2.92. The highest BCUT2D eigenvalue weighted by atomic mass is 79.9. The molecule has 20 heavy (non-hydrogen) atoms. The number of thiazole rings is 1. The summed E-state index contributed by atoms with van der Waals surface area (Å²) in [6, 6.07) is 0. The molecule has 8 heteroatoms. The molecule has 108 valence electrons. The van der Waals surface area contributed by atoms with Gasteiger partial charge in [0.25, 0.3) is 0 Å². The first-order valence-corrected chi connectivity index (χ1v) is 7.56. The van der Waals surface area contributed by atoms with Gasteiger partial charge in [0.2, 0.25) is 5.13 Å². The molecule has 0 aromatic carbocycles. The minimum Gasteiger partial charge on any atom is -0.444 e. The number of carbonyl (C=O) groups is 1. The van der Waals surface area contributed by atoms with Crippen molar-refractivity contribution in [2.75, 3.05) is 0 Å². The first-order chi connectivity index (χ1) is 9.33. The lowest BCUT2D eigenvalue weighted by Crippen LogP contribution is -2.31. The summed E-state index contributed by atoms with van der Waals surface area (Å²) in [6.45, 7) is 5.86. The van der Waals surface area contributed by atoms with Crippen molar-refractivity contribution in [3.8, 4) is 5.13 Å². The summed E-state index contributed by atoms with van der Waals surface area (Å²) in [5, 5.41) is 7.59. The number of halogens is 1. The largest absolute Gasteiger partial charge is 0.444 e. The van der Waals surface area contributed by atoms with Crippen LogP contribution in [-0.4, -0.2) is 26.5 Å². The molecule has 0 atom stereocenters. The maximum Gasteiger partial charge on any atom is 0.407 e. The molecule has 0 bridgehead atoms. The van der Waals surface area contributed by atoms with E-state index < -0.39 is 11.7 Å². The van der Waals surface area contributed by atoms with Crippen molar-refractivity contribution >= 4 is 33.4 Å². The zero-order valence-electron chi connectivity index (χ0n) is 11.4. The van der Waals surface area contributed by atoms with Crippen LogP contribution in [0.3, 0.4) is 0 Å². The monoisotopic (exact) mass is 358 g/mol. The fraction of sp³-hybridized carbons (Fsp3) is 0.417. The van der Waals surface area contributed by atoms with E-state index in [1.165, 1.54) is 11.3 Å². The number of ether oxygens (including phenoxy) is 1. The fourth-order valence-electron chi connectivity index (χ4n) is 1.36. The molecule has 0 aliphatic heterocycles. The van der Waals surface area contributed by atoms with E-state index in [9.17, 15) is 4.79 Å². The molecular formula is C12H15BrN4O2S. The number of nitrogens with zero attached hydrogens (tertiary/aromatic N) is 3. The Labute approximate surface area is 129 Å². The predicted octanol–water partition coefficient (Wildman–Crippen LogP) is 3.12. The third-order valence-corrected chi connectivity index (χ3v) is 3.49. The molecule has 1 amide bonds. The Kier molecular flexibility index (Phi) is 4.44. The average molecular weight is 359 g/mol. The van der Waals surface area contributed by atoms with Gasteiger partial charge in [0.15, 0.2) is 0 Å². The SMILES string of the molecule is CC(C)(C)OC(=O)NCc1cnc(-n2cc(Br)cn2)s1. The van der Waals surface area contributed by atoms with E-state index in [1.807, 2.05) is 27.0 Å². The third kappa shape index (κ3) is 4.31. The number of aromatic nitrogens is 3. The number of amides is 1. The molecule has 0 fully saturated rings. The Morgan fingerprint density at radius 2 is 2.25 bits per heavy atom. The van der Waals surface area contributed by atoms with Crippen LogP contribution in [0, 0.1) is 0 Å². The van der Waals surface area contributed by atoms with E-state index >= 15 is 0 Å². The highest BCUT2D eigenvalue weighted by Gasteiger charge is 2.16. The lowest BCUT2D eigenvalue weighted by molar-refractivity contribution is 0.0524. The number of carbonyl (C=O) groups excluding carboxylic acids is 1. The van der Waals surface area contributed by atoms with Crippen molar-refractivity contribution in [2.45, 2.75) is 32.9 Å². The summed E-state index contributed by atoms with van der Waals surface area (Å²) in [5.41, 5.74) is -0.496. The van der Waals surface area contributed by atoms with Crippen LogP contribution >= 0.6 is 27.3 Å². The summed E-state index contributed by atoms with van der Waals surface area (Å²) < 4.78 is 7.73. The van der Waals surface area contributed by atoms with Crippen LogP contribution in [0.4, 0.5) is 4.79 Å². The molecule has 2 rings (SSSR count). The van der Waals surface area contributed by atoms with E-state index in [0.29, 0.717) is 6.54 Å². The summed E-state index contributed by atoms with van der Waals surface area (Å²) in [6.07, 6.45) is 4.80. The first-order valence-electron chi connectivity index (χ1n) is 5.95. The fourth-order valence-corrected chi connectivity index (χ4v) is 2.43. The maximum absolute atomic E-state index is 11.5. The number of nitrogens with one attached hydrogen (secondary N) is 1. The minimum atomic E-state index is -0.496. The van der Waals surface area contributed by atoms with Gasteiger partial charge in [-0.25, -0.2) is 14.5 Å².